The number of amides is 1. The van der Waals surface area contributed by atoms with Gasteiger partial charge in [0, 0.05) is 6.20 Å². The summed E-state index contributed by atoms with van der Waals surface area (Å²) < 4.78 is 7.63. The van der Waals surface area contributed by atoms with E-state index in [2.05, 4.69) is 31.5 Å². The first kappa shape index (κ1) is 13.8. The molecule has 1 atom stereocenters. The number of halogens is 1. The van der Waals surface area contributed by atoms with Gasteiger partial charge >= 0.3 is 0 Å². The number of nitrogens with one attached hydrogen (secondary N) is 1. The smallest absolute Gasteiger partial charge is 0.229 e. The van der Waals surface area contributed by atoms with Crippen LogP contribution in [-0.2, 0) is 11.3 Å². The summed E-state index contributed by atoms with van der Waals surface area (Å²) in [5.41, 5.74) is 1.33. The molecular formula is C12H15BrN4O2. The van der Waals surface area contributed by atoms with E-state index in [0.717, 1.165) is 4.47 Å². The van der Waals surface area contributed by atoms with Gasteiger partial charge in [-0.2, -0.15) is 5.10 Å². The minimum atomic E-state index is -0.208. The summed E-state index contributed by atoms with van der Waals surface area (Å²) in [5, 5.41) is 10.8. The van der Waals surface area contributed by atoms with Gasteiger partial charge in [-0.1, -0.05) is 12.1 Å². The van der Waals surface area contributed by atoms with Crippen molar-refractivity contribution in [2.75, 3.05) is 5.32 Å². The number of rotatable bonds is 4. The van der Waals surface area contributed by atoms with Crippen LogP contribution in [0.5, 0.6) is 0 Å². The maximum absolute atomic E-state index is 12.1. The zero-order valence-corrected chi connectivity index (χ0v) is 12.6. The second kappa shape index (κ2) is 5.56. The quantitative estimate of drug-likeness (QED) is 0.936. The van der Waals surface area contributed by atoms with Gasteiger partial charge in [0.05, 0.1) is 23.1 Å². The number of aryl methyl sites for hydroxylation is 2. The largest absolute Gasteiger partial charge is 0.359 e. The molecule has 0 aromatic carbocycles. The van der Waals surface area contributed by atoms with Crippen LogP contribution in [0.25, 0.3) is 0 Å². The molecule has 6 nitrogen and oxygen atoms in total. The Morgan fingerprint density at radius 3 is 2.84 bits per heavy atom. The number of hydrogen-bond acceptors (Lipinski definition) is 4. The van der Waals surface area contributed by atoms with Gasteiger partial charge in [-0.3, -0.25) is 9.48 Å². The number of nitrogens with zero attached hydrogens (tertiary/aromatic N) is 3. The summed E-state index contributed by atoms with van der Waals surface area (Å²) in [6, 6.07) is 0. The van der Waals surface area contributed by atoms with Crippen LogP contribution in [0.1, 0.15) is 18.4 Å². The van der Waals surface area contributed by atoms with Crippen LogP contribution >= 0.6 is 15.9 Å². The Labute approximate surface area is 119 Å². The van der Waals surface area contributed by atoms with Gasteiger partial charge in [0.25, 0.3) is 0 Å². The molecule has 0 saturated carbocycles. The van der Waals surface area contributed by atoms with Gasteiger partial charge in [0.15, 0.2) is 5.76 Å². The van der Waals surface area contributed by atoms with E-state index in [4.69, 9.17) is 4.52 Å². The molecule has 19 heavy (non-hydrogen) atoms. The molecule has 7 heteroatoms. The van der Waals surface area contributed by atoms with Crippen molar-refractivity contribution in [2.24, 2.45) is 5.92 Å². The fraction of sp³-hybridized carbons (Fsp3) is 0.417. The lowest BCUT2D eigenvalue weighted by Gasteiger charge is -2.11. The Morgan fingerprint density at radius 2 is 2.32 bits per heavy atom. The van der Waals surface area contributed by atoms with Gasteiger partial charge in [0.2, 0.25) is 5.91 Å². The SMILES string of the molecule is Cc1noc(C)c1NC(=O)C(C)Cn1cc(Br)cn1. The van der Waals surface area contributed by atoms with E-state index in [-0.39, 0.29) is 11.8 Å². The minimum absolute atomic E-state index is 0.0824. The van der Waals surface area contributed by atoms with E-state index in [1.165, 1.54) is 0 Å². The molecule has 1 amide bonds. The van der Waals surface area contributed by atoms with Gasteiger partial charge in [-0.05, 0) is 29.8 Å². The maximum atomic E-state index is 12.1. The lowest BCUT2D eigenvalue weighted by atomic mass is 10.1. The second-order valence-corrected chi connectivity index (χ2v) is 5.39. The van der Waals surface area contributed by atoms with Gasteiger partial charge in [0.1, 0.15) is 11.4 Å². The third-order valence-electron chi connectivity index (χ3n) is 2.79. The van der Waals surface area contributed by atoms with E-state index >= 15 is 0 Å². The first-order valence-electron chi connectivity index (χ1n) is 5.89. The summed E-state index contributed by atoms with van der Waals surface area (Å²) in [5.74, 6) is 0.321. The Balaban J connectivity index is 2.00. The Kier molecular flexibility index (Phi) is 4.04. The molecular weight excluding hydrogens is 312 g/mol. The molecule has 102 valence electrons. The van der Waals surface area contributed by atoms with Gasteiger partial charge in [-0.15, -0.1) is 0 Å². The van der Waals surface area contributed by atoms with Crippen molar-refractivity contribution in [3.05, 3.63) is 28.3 Å². The molecule has 0 radical (unpaired) electrons. The number of aromatic nitrogens is 3. The zero-order valence-electron chi connectivity index (χ0n) is 11.0. The maximum Gasteiger partial charge on any atom is 0.229 e. The summed E-state index contributed by atoms with van der Waals surface area (Å²) in [6.45, 7) is 5.93. The molecule has 0 bridgehead atoms. The van der Waals surface area contributed by atoms with Gasteiger partial charge < -0.3 is 9.84 Å². The molecule has 0 fully saturated rings. The second-order valence-electron chi connectivity index (χ2n) is 4.47. The van der Waals surface area contributed by atoms with Crippen LogP contribution in [0.4, 0.5) is 5.69 Å². The standard InChI is InChI=1S/C12H15BrN4O2/c1-7(5-17-6-10(13)4-14-17)12(18)15-11-8(2)16-19-9(11)3/h4,6-7H,5H2,1-3H3,(H,15,18). The normalized spacial score (nSPS) is 12.4. The highest BCUT2D eigenvalue weighted by Crippen LogP contribution is 2.19. The molecule has 1 unspecified atom stereocenters. The Bertz CT molecular complexity index is 571. The van der Waals surface area contributed by atoms with E-state index in [1.54, 1.807) is 24.7 Å². The predicted molar refractivity (Wildman–Crippen MR) is 73.7 cm³/mol. The number of carbonyl (C=O) groups excluding carboxylic acids is 1. The minimum Gasteiger partial charge on any atom is -0.359 e. The molecule has 2 aromatic heterocycles. The van der Waals surface area contributed by atoms with E-state index in [0.29, 0.717) is 23.7 Å². The summed E-state index contributed by atoms with van der Waals surface area (Å²) in [7, 11) is 0. The molecule has 2 aromatic rings. The zero-order chi connectivity index (χ0) is 14.0. The van der Waals surface area contributed by atoms with Crippen molar-refractivity contribution in [1.29, 1.82) is 0 Å². The number of hydrogen-bond donors (Lipinski definition) is 1. The summed E-state index contributed by atoms with van der Waals surface area (Å²) in [6.07, 6.45) is 3.53. The first-order valence-corrected chi connectivity index (χ1v) is 6.68. The monoisotopic (exact) mass is 326 g/mol. The highest BCUT2D eigenvalue weighted by molar-refractivity contribution is 9.10. The lowest BCUT2D eigenvalue weighted by molar-refractivity contribution is -0.119. The van der Waals surface area contributed by atoms with Crippen molar-refractivity contribution in [1.82, 2.24) is 14.9 Å². The molecule has 0 aliphatic rings. The Hall–Kier alpha value is -1.63. The van der Waals surface area contributed by atoms with Crippen LogP contribution in [0, 0.1) is 19.8 Å². The van der Waals surface area contributed by atoms with E-state index < -0.39 is 0 Å². The van der Waals surface area contributed by atoms with Crippen molar-refractivity contribution in [3.63, 3.8) is 0 Å². The first-order chi connectivity index (χ1) is 8.97. The number of carbonyl (C=O) groups is 1. The number of anilines is 1. The lowest BCUT2D eigenvalue weighted by Crippen LogP contribution is -2.25. The van der Waals surface area contributed by atoms with Crippen molar-refractivity contribution in [2.45, 2.75) is 27.3 Å². The average molecular weight is 327 g/mol. The topological polar surface area (TPSA) is 73.0 Å². The fourth-order valence-corrected chi connectivity index (χ4v) is 2.04. The van der Waals surface area contributed by atoms with Crippen molar-refractivity contribution < 1.29 is 9.32 Å². The molecule has 0 aliphatic heterocycles. The summed E-state index contributed by atoms with van der Waals surface area (Å²) in [4.78, 5) is 12.1. The molecule has 1 N–H and O–H groups in total. The third kappa shape index (κ3) is 3.23. The van der Waals surface area contributed by atoms with E-state index in [1.807, 2.05) is 13.1 Å². The van der Waals surface area contributed by atoms with Crippen molar-refractivity contribution in [3.8, 4) is 0 Å². The molecule has 0 saturated heterocycles. The van der Waals surface area contributed by atoms with Crippen LogP contribution < -0.4 is 5.32 Å². The predicted octanol–water partition coefficient (Wildman–Crippen LogP) is 2.53. The fourth-order valence-electron chi connectivity index (χ4n) is 1.71. The Morgan fingerprint density at radius 1 is 1.58 bits per heavy atom. The van der Waals surface area contributed by atoms with Crippen LogP contribution in [0.2, 0.25) is 0 Å². The third-order valence-corrected chi connectivity index (χ3v) is 3.20. The summed E-state index contributed by atoms with van der Waals surface area (Å²) >= 11 is 3.32. The molecule has 2 rings (SSSR count). The van der Waals surface area contributed by atoms with Crippen LogP contribution in [-0.4, -0.2) is 20.8 Å². The molecule has 2 heterocycles. The highest BCUT2D eigenvalue weighted by atomic mass is 79.9. The highest BCUT2D eigenvalue weighted by Gasteiger charge is 2.18. The average Bonchev–Trinajstić information content (AvgIpc) is 2.89. The van der Waals surface area contributed by atoms with Crippen LogP contribution in [0.15, 0.2) is 21.4 Å². The van der Waals surface area contributed by atoms with Crippen molar-refractivity contribution >= 4 is 27.5 Å². The molecule has 0 aliphatic carbocycles. The van der Waals surface area contributed by atoms with Crippen LogP contribution in [0.3, 0.4) is 0 Å². The molecule has 0 spiro atoms. The van der Waals surface area contributed by atoms with Gasteiger partial charge in [-0.25, -0.2) is 0 Å². The van der Waals surface area contributed by atoms with E-state index in [9.17, 15) is 4.79 Å².